The number of rotatable bonds is 7. The van der Waals surface area contributed by atoms with Gasteiger partial charge in [0.25, 0.3) is 0 Å². The minimum Gasteiger partial charge on any atom is -0.480 e. The summed E-state index contributed by atoms with van der Waals surface area (Å²) in [7, 11) is 0. The number of carboxylic acids is 1. The first-order valence-electron chi connectivity index (χ1n) is 6.28. The number of carbonyl (C=O) groups excluding carboxylic acids is 2. The molecule has 112 valence electrons. The predicted molar refractivity (Wildman–Crippen MR) is 70.6 cm³/mol. The molecule has 0 spiro atoms. The lowest BCUT2D eigenvalue weighted by molar-refractivity contribution is -0.142. The zero-order valence-corrected chi connectivity index (χ0v) is 11.0. The predicted octanol–water partition coefficient (Wildman–Crippen LogP) is -2.11. The number of guanidine groups is 1. The first-order valence-corrected chi connectivity index (χ1v) is 6.28. The molecule has 0 aromatic carbocycles. The Balaban J connectivity index is 2.42. The molecule has 9 nitrogen and oxygen atoms in total. The standard InChI is InChI=1S/C11H19N5O4/c12-11(13)14-5-1-2-7(10(19)20)16-9(18)6-3-4-8(17)15-6/h6-7H,1-5H2,(H,15,17)(H,16,18)(H,19,20)(H4,12,13,14)/t6-,7-/m0/s1. The molecule has 0 aromatic heterocycles. The van der Waals surface area contributed by atoms with Crippen LogP contribution in [0, 0.1) is 0 Å². The number of carboxylic acid groups (broad SMARTS) is 1. The number of amides is 2. The molecule has 2 atom stereocenters. The van der Waals surface area contributed by atoms with E-state index in [0.717, 1.165) is 0 Å². The van der Waals surface area contributed by atoms with E-state index in [1.165, 1.54) is 0 Å². The average molecular weight is 285 g/mol. The molecule has 0 saturated carbocycles. The van der Waals surface area contributed by atoms with E-state index in [2.05, 4.69) is 15.6 Å². The molecule has 0 aliphatic carbocycles. The number of nitrogens with zero attached hydrogens (tertiary/aromatic N) is 1. The Hall–Kier alpha value is -2.32. The molecule has 2 amide bonds. The van der Waals surface area contributed by atoms with Gasteiger partial charge < -0.3 is 27.2 Å². The van der Waals surface area contributed by atoms with E-state index >= 15 is 0 Å². The van der Waals surface area contributed by atoms with E-state index in [1.807, 2.05) is 0 Å². The van der Waals surface area contributed by atoms with Crippen LogP contribution in [0.25, 0.3) is 0 Å². The van der Waals surface area contributed by atoms with Crippen molar-refractivity contribution in [3.05, 3.63) is 0 Å². The van der Waals surface area contributed by atoms with Crippen LogP contribution < -0.4 is 22.1 Å². The third-order valence-corrected chi connectivity index (χ3v) is 2.87. The molecule has 9 heteroatoms. The van der Waals surface area contributed by atoms with E-state index in [1.54, 1.807) is 0 Å². The highest BCUT2D eigenvalue weighted by Crippen LogP contribution is 2.07. The van der Waals surface area contributed by atoms with Crippen molar-refractivity contribution in [1.29, 1.82) is 0 Å². The third kappa shape index (κ3) is 5.12. The number of nitrogens with two attached hydrogens (primary N) is 2. The van der Waals surface area contributed by atoms with Crippen LogP contribution in [0.1, 0.15) is 25.7 Å². The largest absolute Gasteiger partial charge is 0.480 e. The Kier molecular flexibility index (Phi) is 5.75. The fraction of sp³-hybridized carbons (Fsp3) is 0.636. The minimum absolute atomic E-state index is 0.0606. The van der Waals surface area contributed by atoms with Crippen molar-refractivity contribution >= 4 is 23.7 Å². The van der Waals surface area contributed by atoms with E-state index in [4.69, 9.17) is 16.6 Å². The fourth-order valence-corrected chi connectivity index (χ4v) is 1.84. The van der Waals surface area contributed by atoms with Gasteiger partial charge in [0.05, 0.1) is 0 Å². The molecule has 1 aliphatic heterocycles. The monoisotopic (exact) mass is 285 g/mol. The quantitative estimate of drug-likeness (QED) is 0.204. The maximum Gasteiger partial charge on any atom is 0.326 e. The van der Waals surface area contributed by atoms with Gasteiger partial charge in [-0.15, -0.1) is 0 Å². The van der Waals surface area contributed by atoms with Gasteiger partial charge in [0.1, 0.15) is 12.1 Å². The molecule has 0 unspecified atom stereocenters. The van der Waals surface area contributed by atoms with Crippen LogP contribution >= 0.6 is 0 Å². The van der Waals surface area contributed by atoms with Crippen LogP contribution in [0.15, 0.2) is 4.99 Å². The van der Waals surface area contributed by atoms with Crippen LogP contribution in [-0.4, -0.2) is 47.5 Å². The maximum atomic E-state index is 11.8. The highest BCUT2D eigenvalue weighted by Gasteiger charge is 2.30. The molecule has 1 aliphatic rings. The molecule has 1 fully saturated rings. The van der Waals surface area contributed by atoms with Crippen LogP contribution in [0.5, 0.6) is 0 Å². The summed E-state index contributed by atoms with van der Waals surface area (Å²) in [5.41, 5.74) is 10.3. The maximum absolute atomic E-state index is 11.8. The smallest absolute Gasteiger partial charge is 0.326 e. The Morgan fingerprint density at radius 2 is 2.20 bits per heavy atom. The lowest BCUT2D eigenvalue weighted by atomic mass is 10.1. The summed E-state index contributed by atoms with van der Waals surface area (Å²) >= 11 is 0. The zero-order valence-electron chi connectivity index (χ0n) is 11.0. The van der Waals surface area contributed by atoms with Gasteiger partial charge in [-0.1, -0.05) is 0 Å². The van der Waals surface area contributed by atoms with Crippen molar-refractivity contribution in [2.45, 2.75) is 37.8 Å². The number of hydrogen-bond donors (Lipinski definition) is 5. The van der Waals surface area contributed by atoms with Crippen molar-refractivity contribution in [3.8, 4) is 0 Å². The Bertz CT molecular complexity index is 419. The number of carbonyl (C=O) groups is 3. The fourth-order valence-electron chi connectivity index (χ4n) is 1.84. The van der Waals surface area contributed by atoms with Gasteiger partial charge in [0.2, 0.25) is 11.8 Å². The summed E-state index contributed by atoms with van der Waals surface area (Å²) in [6.45, 7) is 0.294. The lowest BCUT2D eigenvalue weighted by Crippen LogP contribution is -2.48. The summed E-state index contributed by atoms with van der Waals surface area (Å²) in [6, 6.07) is -1.67. The Labute approximate surface area is 115 Å². The molecular weight excluding hydrogens is 266 g/mol. The summed E-state index contributed by atoms with van der Waals surface area (Å²) in [4.78, 5) is 37.6. The van der Waals surface area contributed by atoms with Crippen molar-refractivity contribution < 1.29 is 19.5 Å². The lowest BCUT2D eigenvalue weighted by Gasteiger charge is -2.17. The zero-order chi connectivity index (χ0) is 15.1. The van der Waals surface area contributed by atoms with Crippen molar-refractivity contribution in [2.24, 2.45) is 16.5 Å². The number of aliphatic imine (C=N–C) groups is 1. The molecular formula is C11H19N5O4. The molecule has 0 radical (unpaired) electrons. The Morgan fingerprint density at radius 3 is 2.70 bits per heavy atom. The summed E-state index contributed by atoms with van der Waals surface area (Å²) in [5, 5.41) is 13.9. The van der Waals surface area contributed by atoms with Gasteiger partial charge in [-0.2, -0.15) is 0 Å². The van der Waals surface area contributed by atoms with Crippen LogP contribution in [-0.2, 0) is 14.4 Å². The molecule has 7 N–H and O–H groups in total. The van der Waals surface area contributed by atoms with E-state index in [0.29, 0.717) is 19.4 Å². The molecule has 20 heavy (non-hydrogen) atoms. The van der Waals surface area contributed by atoms with Crippen molar-refractivity contribution in [3.63, 3.8) is 0 Å². The van der Waals surface area contributed by atoms with Gasteiger partial charge in [-0.3, -0.25) is 14.6 Å². The Morgan fingerprint density at radius 1 is 1.50 bits per heavy atom. The van der Waals surface area contributed by atoms with E-state index in [-0.39, 0.29) is 24.7 Å². The first kappa shape index (κ1) is 15.7. The number of hydrogen-bond acceptors (Lipinski definition) is 4. The normalized spacial score (nSPS) is 19.0. The second kappa shape index (κ2) is 7.31. The summed E-state index contributed by atoms with van der Waals surface area (Å²) < 4.78 is 0. The van der Waals surface area contributed by atoms with E-state index < -0.39 is 24.0 Å². The van der Waals surface area contributed by atoms with Gasteiger partial charge in [-0.05, 0) is 19.3 Å². The molecule has 1 saturated heterocycles. The molecule has 1 heterocycles. The topological polar surface area (TPSA) is 160 Å². The van der Waals surface area contributed by atoms with Gasteiger partial charge >= 0.3 is 5.97 Å². The van der Waals surface area contributed by atoms with Crippen molar-refractivity contribution in [1.82, 2.24) is 10.6 Å². The number of nitrogens with one attached hydrogen (secondary N) is 2. The second-order valence-electron chi connectivity index (χ2n) is 4.51. The molecule has 0 bridgehead atoms. The molecule has 0 aromatic rings. The summed E-state index contributed by atoms with van der Waals surface area (Å²) in [5.74, 6) is -1.88. The van der Waals surface area contributed by atoms with Gasteiger partial charge in [0, 0.05) is 13.0 Å². The minimum atomic E-state index is -1.13. The van der Waals surface area contributed by atoms with Gasteiger partial charge in [-0.25, -0.2) is 4.79 Å². The van der Waals surface area contributed by atoms with Gasteiger partial charge in [0.15, 0.2) is 5.96 Å². The third-order valence-electron chi connectivity index (χ3n) is 2.87. The number of aliphatic carboxylic acids is 1. The molecule has 1 rings (SSSR count). The van der Waals surface area contributed by atoms with Crippen LogP contribution in [0.3, 0.4) is 0 Å². The highest BCUT2D eigenvalue weighted by atomic mass is 16.4. The average Bonchev–Trinajstić information content (AvgIpc) is 2.79. The van der Waals surface area contributed by atoms with Crippen LogP contribution in [0.4, 0.5) is 0 Å². The van der Waals surface area contributed by atoms with E-state index in [9.17, 15) is 14.4 Å². The van der Waals surface area contributed by atoms with Crippen LogP contribution in [0.2, 0.25) is 0 Å². The summed E-state index contributed by atoms with van der Waals surface area (Å²) in [6.07, 6.45) is 1.29. The highest BCUT2D eigenvalue weighted by molar-refractivity contribution is 5.92. The second-order valence-corrected chi connectivity index (χ2v) is 4.51. The first-order chi connectivity index (χ1) is 9.40. The SMILES string of the molecule is NC(N)=NCCC[C@H](NC(=O)[C@@H]1CCC(=O)N1)C(=O)O. The van der Waals surface area contributed by atoms with Crippen molar-refractivity contribution in [2.75, 3.05) is 6.54 Å².